The Labute approximate surface area is 107 Å². The predicted molar refractivity (Wildman–Crippen MR) is 67.2 cm³/mol. The summed E-state index contributed by atoms with van der Waals surface area (Å²) in [5, 5.41) is 3.38. The van der Waals surface area contributed by atoms with Crippen LogP contribution in [0.15, 0.2) is 0 Å². The zero-order valence-corrected chi connectivity index (χ0v) is 11.6. The SMILES string of the molecule is CC(C)(C)OC(=O)N1CCNCC1.ClCCl. The van der Waals surface area contributed by atoms with Gasteiger partial charge in [0.2, 0.25) is 0 Å². The van der Waals surface area contributed by atoms with Gasteiger partial charge >= 0.3 is 6.09 Å². The van der Waals surface area contributed by atoms with Crippen molar-refractivity contribution >= 4 is 29.3 Å². The van der Waals surface area contributed by atoms with E-state index in [1.165, 1.54) is 0 Å². The number of rotatable bonds is 0. The van der Waals surface area contributed by atoms with Crippen LogP contribution in [0.2, 0.25) is 0 Å². The molecule has 1 N–H and O–H groups in total. The lowest BCUT2D eigenvalue weighted by atomic mass is 10.2. The fourth-order valence-corrected chi connectivity index (χ4v) is 1.17. The van der Waals surface area contributed by atoms with Gasteiger partial charge in [0.1, 0.15) is 5.60 Å². The molecule has 1 amide bonds. The molecule has 0 saturated carbocycles. The topological polar surface area (TPSA) is 41.6 Å². The summed E-state index contributed by atoms with van der Waals surface area (Å²) in [6.07, 6.45) is -0.200. The molecule has 1 rings (SSSR count). The Morgan fingerprint density at radius 3 is 2.12 bits per heavy atom. The van der Waals surface area contributed by atoms with Crippen molar-refractivity contribution in [3.05, 3.63) is 0 Å². The fourth-order valence-electron chi connectivity index (χ4n) is 1.17. The monoisotopic (exact) mass is 270 g/mol. The molecule has 0 unspecified atom stereocenters. The number of hydrogen-bond acceptors (Lipinski definition) is 3. The van der Waals surface area contributed by atoms with Crippen LogP contribution in [-0.4, -0.2) is 48.1 Å². The van der Waals surface area contributed by atoms with E-state index in [4.69, 9.17) is 27.9 Å². The number of carbonyl (C=O) groups is 1. The second kappa shape index (κ2) is 7.98. The van der Waals surface area contributed by atoms with E-state index in [2.05, 4.69) is 5.32 Å². The molecule has 1 heterocycles. The summed E-state index contributed by atoms with van der Waals surface area (Å²) in [7, 11) is 0. The summed E-state index contributed by atoms with van der Waals surface area (Å²) < 4.78 is 5.24. The molecular weight excluding hydrogens is 251 g/mol. The maximum Gasteiger partial charge on any atom is 0.410 e. The van der Waals surface area contributed by atoms with E-state index in [1.54, 1.807) is 4.90 Å². The highest BCUT2D eigenvalue weighted by Gasteiger charge is 2.22. The Balaban J connectivity index is 0.000000673. The Morgan fingerprint density at radius 2 is 1.75 bits per heavy atom. The van der Waals surface area contributed by atoms with Crippen molar-refractivity contribution in [3.8, 4) is 0 Å². The van der Waals surface area contributed by atoms with Crippen LogP contribution in [0.4, 0.5) is 4.79 Å². The molecular formula is C10H20Cl2N2O2. The molecule has 0 aromatic heterocycles. The first-order valence-corrected chi connectivity index (χ1v) is 6.28. The normalized spacial score (nSPS) is 16.2. The summed E-state index contributed by atoms with van der Waals surface area (Å²) in [6, 6.07) is 0. The molecule has 1 aliphatic rings. The number of nitrogens with zero attached hydrogens (tertiary/aromatic N) is 1. The third-order valence-corrected chi connectivity index (χ3v) is 1.77. The van der Waals surface area contributed by atoms with Gasteiger partial charge < -0.3 is 15.0 Å². The van der Waals surface area contributed by atoms with Crippen LogP contribution >= 0.6 is 23.2 Å². The molecule has 1 saturated heterocycles. The summed E-state index contributed by atoms with van der Waals surface area (Å²) in [5.74, 6) is 0. The highest BCUT2D eigenvalue weighted by molar-refractivity contribution is 6.40. The highest BCUT2D eigenvalue weighted by atomic mass is 35.5. The minimum atomic E-state index is -0.387. The number of amides is 1. The fraction of sp³-hybridized carbons (Fsp3) is 0.900. The molecule has 4 nitrogen and oxygen atoms in total. The lowest BCUT2D eigenvalue weighted by Gasteiger charge is -2.30. The van der Waals surface area contributed by atoms with E-state index in [0.29, 0.717) is 0 Å². The van der Waals surface area contributed by atoms with E-state index < -0.39 is 0 Å². The van der Waals surface area contributed by atoms with E-state index in [9.17, 15) is 4.79 Å². The average Bonchev–Trinajstić information content (AvgIpc) is 2.18. The van der Waals surface area contributed by atoms with Crippen molar-refractivity contribution in [1.82, 2.24) is 10.2 Å². The number of alkyl halides is 2. The molecule has 1 fully saturated rings. The summed E-state index contributed by atoms with van der Waals surface area (Å²) in [6.45, 7) is 8.86. The first-order valence-electron chi connectivity index (χ1n) is 5.21. The van der Waals surface area contributed by atoms with Gasteiger partial charge in [0, 0.05) is 26.2 Å². The smallest absolute Gasteiger partial charge is 0.410 e. The van der Waals surface area contributed by atoms with Crippen LogP contribution in [0.1, 0.15) is 20.8 Å². The predicted octanol–water partition coefficient (Wildman–Crippen LogP) is 2.25. The Bertz CT molecular complexity index is 201. The lowest BCUT2D eigenvalue weighted by molar-refractivity contribution is 0.0229. The highest BCUT2D eigenvalue weighted by Crippen LogP contribution is 2.09. The van der Waals surface area contributed by atoms with Gasteiger partial charge in [0.15, 0.2) is 0 Å². The van der Waals surface area contributed by atoms with Crippen molar-refractivity contribution < 1.29 is 9.53 Å². The number of carbonyl (C=O) groups excluding carboxylic acids is 1. The molecule has 0 atom stereocenters. The quantitative estimate of drug-likeness (QED) is 0.687. The van der Waals surface area contributed by atoms with Crippen LogP contribution in [0.5, 0.6) is 0 Å². The minimum absolute atomic E-state index is 0.194. The second-order valence-electron chi connectivity index (χ2n) is 4.32. The number of halogens is 2. The van der Waals surface area contributed by atoms with Crippen LogP contribution in [0, 0.1) is 0 Å². The minimum Gasteiger partial charge on any atom is -0.444 e. The number of nitrogens with one attached hydrogen (secondary N) is 1. The zero-order valence-electron chi connectivity index (χ0n) is 10.1. The van der Waals surface area contributed by atoms with Gasteiger partial charge in [-0.2, -0.15) is 0 Å². The number of hydrogen-bond donors (Lipinski definition) is 1. The van der Waals surface area contributed by atoms with Crippen molar-refractivity contribution in [2.75, 3.05) is 31.5 Å². The summed E-state index contributed by atoms with van der Waals surface area (Å²) in [4.78, 5) is 13.2. The van der Waals surface area contributed by atoms with Crippen molar-refractivity contribution in [2.24, 2.45) is 0 Å². The molecule has 6 heteroatoms. The van der Waals surface area contributed by atoms with Crippen molar-refractivity contribution in [1.29, 1.82) is 0 Å². The van der Waals surface area contributed by atoms with Gasteiger partial charge in [-0.05, 0) is 20.8 Å². The maximum atomic E-state index is 11.5. The van der Waals surface area contributed by atoms with Crippen LogP contribution in [0.3, 0.4) is 0 Å². The third-order valence-electron chi connectivity index (χ3n) is 1.77. The molecule has 0 aromatic rings. The lowest BCUT2D eigenvalue weighted by Crippen LogP contribution is -2.48. The Kier molecular flexibility index (Phi) is 7.89. The molecule has 16 heavy (non-hydrogen) atoms. The number of ether oxygens (including phenoxy) is 1. The summed E-state index contributed by atoms with van der Waals surface area (Å²) in [5.41, 5.74) is -0.387. The Hall–Kier alpha value is -0.190. The Morgan fingerprint density at radius 1 is 1.31 bits per heavy atom. The second-order valence-corrected chi connectivity index (χ2v) is 5.13. The molecule has 0 aromatic carbocycles. The van der Waals surface area contributed by atoms with Crippen molar-refractivity contribution in [2.45, 2.75) is 26.4 Å². The molecule has 0 spiro atoms. The maximum absolute atomic E-state index is 11.5. The van der Waals surface area contributed by atoms with Crippen LogP contribution in [-0.2, 0) is 4.74 Å². The van der Waals surface area contributed by atoms with Gasteiger partial charge in [-0.3, -0.25) is 0 Å². The number of piperazine rings is 1. The first-order chi connectivity index (χ1) is 7.40. The zero-order chi connectivity index (χ0) is 12.6. The van der Waals surface area contributed by atoms with Crippen LogP contribution in [0.25, 0.3) is 0 Å². The van der Waals surface area contributed by atoms with Gasteiger partial charge in [-0.25, -0.2) is 4.79 Å². The standard InChI is InChI=1S/C9H18N2O2.CH2Cl2/c1-9(2,3)13-8(12)11-6-4-10-5-7-11;2-1-3/h10H,4-7H2,1-3H3;1H2. The molecule has 0 bridgehead atoms. The molecule has 0 radical (unpaired) electrons. The van der Waals surface area contributed by atoms with E-state index in [0.717, 1.165) is 26.2 Å². The molecule has 96 valence electrons. The molecule has 0 aliphatic carbocycles. The van der Waals surface area contributed by atoms with E-state index in [1.807, 2.05) is 20.8 Å². The average molecular weight is 271 g/mol. The third kappa shape index (κ3) is 8.02. The first kappa shape index (κ1) is 15.8. The largest absolute Gasteiger partial charge is 0.444 e. The summed E-state index contributed by atoms with van der Waals surface area (Å²) >= 11 is 9.53. The van der Waals surface area contributed by atoms with Crippen LogP contribution < -0.4 is 5.32 Å². The van der Waals surface area contributed by atoms with Gasteiger partial charge in [0.05, 0.1) is 5.34 Å². The van der Waals surface area contributed by atoms with Crippen molar-refractivity contribution in [3.63, 3.8) is 0 Å². The van der Waals surface area contributed by atoms with Gasteiger partial charge in [0.25, 0.3) is 0 Å². The van der Waals surface area contributed by atoms with E-state index >= 15 is 0 Å². The van der Waals surface area contributed by atoms with Gasteiger partial charge in [-0.1, -0.05) is 0 Å². The molecule has 1 aliphatic heterocycles. The van der Waals surface area contributed by atoms with E-state index in [-0.39, 0.29) is 17.0 Å². The van der Waals surface area contributed by atoms with Gasteiger partial charge in [-0.15, -0.1) is 23.2 Å².